The lowest BCUT2D eigenvalue weighted by Gasteiger charge is -2.33. The summed E-state index contributed by atoms with van der Waals surface area (Å²) in [6.07, 6.45) is 1.73. The van der Waals surface area contributed by atoms with E-state index in [2.05, 4.69) is 30.5 Å². The Morgan fingerprint density at radius 3 is 2.00 bits per heavy atom. The third-order valence-electron chi connectivity index (χ3n) is 4.50. The van der Waals surface area contributed by atoms with Gasteiger partial charge in [-0.15, -0.1) is 0 Å². The zero-order chi connectivity index (χ0) is 15.7. The molecule has 118 valence electrons. The number of aromatic nitrogens is 1. The molecule has 22 heavy (non-hydrogen) atoms. The van der Waals surface area contributed by atoms with Crippen molar-refractivity contribution in [1.29, 1.82) is 0 Å². The molecule has 1 aliphatic rings. The van der Waals surface area contributed by atoms with Gasteiger partial charge in [0.1, 0.15) is 0 Å². The highest BCUT2D eigenvalue weighted by Crippen LogP contribution is 2.29. The fourth-order valence-electron chi connectivity index (χ4n) is 3.34. The van der Waals surface area contributed by atoms with Gasteiger partial charge in [0.25, 0.3) is 0 Å². The van der Waals surface area contributed by atoms with Crippen molar-refractivity contribution in [3.8, 4) is 0 Å². The molecule has 0 bridgehead atoms. The molecular formula is C17H22N2O2S. The molecule has 2 heterocycles. The standard InChI is InChI=1S/C17H22N2O2S/c1-14-8-9-15(2)19(14)16-10-12-18(13-11-16)22(20,21)17-6-4-3-5-7-17/h3-9,16H,10-13H2,1-2H3. The summed E-state index contributed by atoms with van der Waals surface area (Å²) in [5, 5.41) is 0. The molecule has 1 saturated heterocycles. The van der Waals surface area contributed by atoms with E-state index < -0.39 is 10.0 Å². The first-order valence-corrected chi connectivity index (χ1v) is 9.14. The number of nitrogens with zero attached hydrogens (tertiary/aromatic N) is 2. The van der Waals surface area contributed by atoms with Crippen LogP contribution in [0.3, 0.4) is 0 Å². The fraction of sp³-hybridized carbons (Fsp3) is 0.412. The van der Waals surface area contributed by atoms with E-state index in [1.807, 2.05) is 6.07 Å². The average molecular weight is 318 g/mol. The highest BCUT2D eigenvalue weighted by Gasteiger charge is 2.30. The van der Waals surface area contributed by atoms with E-state index in [1.165, 1.54) is 11.4 Å². The van der Waals surface area contributed by atoms with E-state index in [9.17, 15) is 8.42 Å². The van der Waals surface area contributed by atoms with E-state index in [0.717, 1.165) is 12.8 Å². The molecule has 1 aromatic heterocycles. The van der Waals surface area contributed by atoms with Crippen molar-refractivity contribution >= 4 is 10.0 Å². The molecule has 3 rings (SSSR count). The molecule has 0 aliphatic carbocycles. The van der Waals surface area contributed by atoms with Gasteiger partial charge in [-0.2, -0.15) is 4.31 Å². The van der Waals surface area contributed by atoms with Crippen molar-refractivity contribution < 1.29 is 8.42 Å². The summed E-state index contributed by atoms with van der Waals surface area (Å²) >= 11 is 0. The number of sulfonamides is 1. The molecule has 1 aromatic carbocycles. The molecule has 0 amide bonds. The summed E-state index contributed by atoms with van der Waals surface area (Å²) in [4.78, 5) is 0.391. The average Bonchev–Trinajstić information content (AvgIpc) is 2.87. The Morgan fingerprint density at radius 1 is 0.909 bits per heavy atom. The predicted octanol–water partition coefficient (Wildman–Crippen LogP) is 3.13. The molecule has 5 heteroatoms. The molecule has 1 fully saturated rings. The number of piperidine rings is 1. The molecule has 0 N–H and O–H groups in total. The SMILES string of the molecule is Cc1ccc(C)n1C1CCN(S(=O)(=O)c2ccccc2)CC1. The second-order valence-electron chi connectivity index (χ2n) is 5.93. The fourth-order valence-corrected chi connectivity index (χ4v) is 4.83. The van der Waals surface area contributed by atoms with E-state index in [1.54, 1.807) is 28.6 Å². The van der Waals surface area contributed by atoms with Crippen molar-refractivity contribution in [3.63, 3.8) is 0 Å². The summed E-state index contributed by atoms with van der Waals surface area (Å²) in [5.41, 5.74) is 2.50. The molecular weight excluding hydrogens is 296 g/mol. The van der Waals surface area contributed by atoms with Gasteiger partial charge < -0.3 is 4.57 Å². The maximum atomic E-state index is 12.6. The van der Waals surface area contributed by atoms with E-state index in [0.29, 0.717) is 24.0 Å². The minimum absolute atomic E-state index is 0.391. The third-order valence-corrected chi connectivity index (χ3v) is 6.41. The highest BCUT2D eigenvalue weighted by molar-refractivity contribution is 7.89. The van der Waals surface area contributed by atoms with Gasteiger partial charge in [0, 0.05) is 30.5 Å². The van der Waals surface area contributed by atoms with Crippen molar-refractivity contribution in [2.75, 3.05) is 13.1 Å². The molecule has 0 radical (unpaired) electrons. The first-order chi connectivity index (χ1) is 10.5. The van der Waals surface area contributed by atoms with Crippen LogP contribution in [0.2, 0.25) is 0 Å². The number of aryl methyl sites for hydroxylation is 2. The minimum atomic E-state index is -3.35. The van der Waals surface area contributed by atoms with E-state index >= 15 is 0 Å². The lowest BCUT2D eigenvalue weighted by Crippen LogP contribution is -2.39. The van der Waals surface area contributed by atoms with Crippen molar-refractivity contribution in [2.24, 2.45) is 0 Å². The second kappa shape index (κ2) is 5.89. The lowest BCUT2D eigenvalue weighted by molar-refractivity contribution is 0.270. The highest BCUT2D eigenvalue weighted by atomic mass is 32.2. The van der Waals surface area contributed by atoms with Gasteiger partial charge in [-0.25, -0.2) is 8.42 Å². The maximum Gasteiger partial charge on any atom is 0.243 e. The first kappa shape index (κ1) is 15.3. The summed E-state index contributed by atoms with van der Waals surface area (Å²) in [6, 6.07) is 13.4. The van der Waals surface area contributed by atoms with Crippen molar-refractivity contribution in [3.05, 3.63) is 53.9 Å². The van der Waals surface area contributed by atoms with Crippen LogP contribution in [0.1, 0.15) is 30.3 Å². The topological polar surface area (TPSA) is 42.3 Å². The zero-order valence-corrected chi connectivity index (χ0v) is 13.9. The minimum Gasteiger partial charge on any atom is -0.346 e. The molecule has 2 aromatic rings. The maximum absolute atomic E-state index is 12.6. The largest absolute Gasteiger partial charge is 0.346 e. The van der Waals surface area contributed by atoms with Crippen molar-refractivity contribution in [1.82, 2.24) is 8.87 Å². The van der Waals surface area contributed by atoms with Crippen LogP contribution in [0.25, 0.3) is 0 Å². The zero-order valence-electron chi connectivity index (χ0n) is 13.1. The Hall–Kier alpha value is -1.59. The lowest BCUT2D eigenvalue weighted by atomic mass is 10.1. The monoisotopic (exact) mass is 318 g/mol. The number of hydrogen-bond donors (Lipinski definition) is 0. The van der Waals surface area contributed by atoms with Gasteiger partial charge >= 0.3 is 0 Å². The Labute approximate surface area is 132 Å². The molecule has 0 atom stereocenters. The number of rotatable bonds is 3. The Balaban J connectivity index is 1.75. The molecule has 0 saturated carbocycles. The predicted molar refractivity (Wildman–Crippen MR) is 87.4 cm³/mol. The van der Waals surface area contributed by atoms with Crippen LogP contribution in [-0.2, 0) is 10.0 Å². The summed E-state index contributed by atoms with van der Waals surface area (Å²) < 4.78 is 29.2. The normalized spacial score (nSPS) is 17.7. The van der Waals surface area contributed by atoms with Crippen LogP contribution < -0.4 is 0 Å². The molecule has 0 spiro atoms. The van der Waals surface area contributed by atoms with Gasteiger partial charge in [0.2, 0.25) is 10.0 Å². The summed E-state index contributed by atoms with van der Waals surface area (Å²) in [6.45, 7) is 5.39. The number of hydrogen-bond acceptors (Lipinski definition) is 2. The van der Waals surface area contributed by atoms with Crippen LogP contribution in [0.4, 0.5) is 0 Å². The van der Waals surface area contributed by atoms with E-state index in [-0.39, 0.29) is 0 Å². The Bertz CT molecular complexity index is 723. The van der Waals surface area contributed by atoms with Gasteiger partial charge in [0.05, 0.1) is 4.90 Å². The Morgan fingerprint density at radius 2 is 1.45 bits per heavy atom. The molecule has 1 aliphatic heterocycles. The first-order valence-electron chi connectivity index (χ1n) is 7.70. The van der Waals surface area contributed by atoms with Crippen LogP contribution in [0, 0.1) is 13.8 Å². The Kier molecular flexibility index (Phi) is 4.10. The van der Waals surface area contributed by atoms with Crippen molar-refractivity contribution in [2.45, 2.75) is 37.6 Å². The third kappa shape index (κ3) is 2.71. The second-order valence-corrected chi connectivity index (χ2v) is 7.87. The van der Waals surface area contributed by atoms with Crippen LogP contribution in [-0.4, -0.2) is 30.4 Å². The summed E-state index contributed by atoms with van der Waals surface area (Å²) in [7, 11) is -3.35. The van der Waals surface area contributed by atoms with Gasteiger partial charge in [0.15, 0.2) is 0 Å². The van der Waals surface area contributed by atoms with Crippen LogP contribution in [0.15, 0.2) is 47.4 Å². The van der Waals surface area contributed by atoms with Crippen LogP contribution >= 0.6 is 0 Å². The smallest absolute Gasteiger partial charge is 0.243 e. The van der Waals surface area contributed by atoms with Gasteiger partial charge in [-0.05, 0) is 51.0 Å². The molecule has 0 unspecified atom stereocenters. The van der Waals surface area contributed by atoms with Gasteiger partial charge in [-0.3, -0.25) is 0 Å². The quantitative estimate of drug-likeness (QED) is 0.872. The van der Waals surface area contributed by atoms with Crippen LogP contribution in [0.5, 0.6) is 0 Å². The summed E-state index contributed by atoms with van der Waals surface area (Å²) in [5.74, 6) is 0. The molecule has 4 nitrogen and oxygen atoms in total. The van der Waals surface area contributed by atoms with Gasteiger partial charge in [-0.1, -0.05) is 18.2 Å². The van der Waals surface area contributed by atoms with E-state index in [4.69, 9.17) is 0 Å². The number of benzene rings is 1.